The number of fused-ring (bicyclic) bond motifs is 1. The van der Waals surface area contributed by atoms with E-state index < -0.39 is 0 Å². The molecule has 0 aliphatic heterocycles. The molecule has 0 fully saturated rings. The highest BCUT2D eigenvalue weighted by Gasteiger charge is 2.28. The van der Waals surface area contributed by atoms with Gasteiger partial charge in [-0.05, 0) is 54.7 Å². The van der Waals surface area contributed by atoms with Crippen LogP contribution >= 0.6 is 11.6 Å². The van der Waals surface area contributed by atoms with E-state index in [0.29, 0.717) is 10.8 Å². The van der Waals surface area contributed by atoms with Gasteiger partial charge >= 0.3 is 0 Å². The number of halogens is 1. The number of hydrogen-bond acceptors (Lipinski definition) is 2. The van der Waals surface area contributed by atoms with Gasteiger partial charge < -0.3 is 9.64 Å². The summed E-state index contributed by atoms with van der Waals surface area (Å²) in [4.78, 5) is 14.3. The van der Waals surface area contributed by atoms with Crippen LogP contribution in [0.5, 0.6) is 5.75 Å². The van der Waals surface area contributed by atoms with Crippen molar-refractivity contribution < 1.29 is 9.53 Å². The fraction of sp³-hybridized carbons (Fsp3) is 0.316. The van der Waals surface area contributed by atoms with E-state index in [4.69, 9.17) is 16.3 Å². The number of carbonyl (C=O) groups is 1. The van der Waals surface area contributed by atoms with E-state index in [1.165, 1.54) is 11.1 Å². The van der Waals surface area contributed by atoms with Gasteiger partial charge in [0.1, 0.15) is 5.75 Å². The van der Waals surface area contributed by atoms with E-state index in [-0.39, 0.29) is 18.6 Å². The van der Waals surface area contributed by atoms with E-state index in [2.05, 4.69) is 18.2 Å². The Hall–Kier alpha value is -2.00. The highest BCUT2D eigenvalue weighted by atomic mass is 35.5. The molecule has 1 atom stereocenters. The molecule has 120 valence electrons. The predicted molar refractivity (Wildman–Crippen MR) is 92.0 cm³/mol. The van der Waals surface area contributed by atoms with Crippen LogP contribution in [0.2, 0.25) is 5.02 Å². The average Bonchev–Trinajstić information content (AvgIpc) is 2.97. The fourth-order valence-corrected chi connectivity index (χ4v) is 3.35. The van der Waals surface area contributed by atoms with E-state index in [1.807, 2.05) is 26.1 Å². The van der Waals surface area contributed by atoms with Crippen LogP contribution in [-0.4, -0.2) is 24.5 Å². The summed E-state index contributed by atoms with van der Waals surface area (Å²) in [5.41, 5.74) is 3.52. The molecule has 1 unspecified atom stereocenters. The van der Waals surface area contributed by atoms with Gasteiger partial charge in [0.05, 0.1) is 6.04 Å². The van der Waals surface area contributed by atoms with Crippen molar-refractivity contribution in [3.8, 4) is 5.75 Å². The number of benzene rings is 2. The number of aryl methyl sites for hydroxylation is 2. The molecule has 0 saturated heterocycles. The Bertz CT molecular complexity index is 729. The molecule has 0 bridgehead atoms. The molecule has 0 spiro atoms. The van der Waals surface area contributed by atoms with Gasteiger partial charge in [-0.15, -0.1) is 0 Å². The quantitative estimate of drug-likeness (QED) is 0.842. The second-order valence-corrected chi connectivity index (χ2v) is 6.39. The lowest BCUT2D eigenvalue weighted by atomic mass is 10.1. The Morgan fingerprint density at radius 2 is 2.09 bits per heavy atom. The molecule has 1 amide bonds. The topological polar surface area (TPSA) is 29.5 Å². The zero-order valence-corrected chi connectivity index (χ0v) is 14.1. The summed E-state index contributed by atoms with van der Waals surface area (Å²) < 4.78 is 5.67. The van der Waals surface area contributed by atoms with Crippen LogP contribution < -0.4 is 4.74 Å². The van der Waals surface area contributed by atoms with Gasteiger partial charge in [-0.2, -0.15) is 0 Å². The summed E-state index contributed by atoms with van der Waals surface area (Å²) in [6, 6.07) is 13.9. The molecule has 2 aromatic rings. The summed E-state index contributed by atoms with van der Waals surface area (Å²) in [5, 5.41) is 0.667. The van der Waals surface area contributed by atoms with Crippen LogP contribution in [0.25, 0.3) is 0 Å². The van der Waals surface area contributed by atoms with Crippen molar-refractivity contribution in [1.29, 1.82) is 0 Å². The largest absolute Gasteiger partial charge is 0.483 e. The van der Waals surface area contributed by atoms with Crippen molar-refractivity contribution in [2.75, 3.05) is 13.7 Å². The molecule has 0 saturated carbocycles. The van der Waals surface area contributed by atoms with Crippen LogP contribution in [-0.2, 0) is 11.2 Å². The maximum absolute atomic E-state index is 12.5. The molecule has 0 N–H and O–H groups in total. The molecule has 0 aromatic heterocycles. The number of amides is 1. The first-order valence-corrected chi connectivity index (χ1v) is 8.16. The van der Waals surface area contributed by atoms with Gasteiger partial charge in [0, 0.05) is 12.1 Å². The minimum Gasteiger partial charge on any atom is -0.483 e. The molecule has 1 aliphatic rings. The Labute approximate surface area is 141 Å². The standard InChI is InChI=1S/C19H20ClNO2/c1-13-11-15(20)8-10-18(13)23-12-19(22)21(2)17-9-7-14-5-3-4-6-16(14)17/h3-6,8,10-11,17H,7,9,12H2,1-2H3. The van der Waals surface area contributed by atoms with E-state index in [1.54, 1.807) is 17.0 Å². The van der Waals surface area contributed by atoms with Crippen LogP contribution in [0, 0.1) is 6.92 Å². The smallest absolute Gasteiger partial charge is 0.260 e. The van der Waals surface area contributed by atoms with Crippen molar-refractivity contribution in [2.24, 2.45) is 0 Å². The molecule has 3 nitrogen and oxygen atoms in total. The number of rotatable bonds is 4. The maximum atomic E-state index is 12.5. The first-order chi connectivity index (χ1) is 11.1. The average molecular weight is 330 g/mol. The predicted octanol–water partition coefficient (Wildman–Crippen LogP) is 4.17. The summed E-state index contributed by atoms with van der Waals surface area (Å²) >= 11 is 5.93. The van der Waals surface area contributed by atoms with Crippen molar-refractivity contribution in [1.82, 2.24) is 4.90 Å². The van der Waals surface area contributed by atoms with Crippen molar-refractivity contribution in [3.63, 3.8) is 0 Å². The van der Waals surface area contributed by atoms with E-state index in [9.17, 15) is 4.79 Å². The van der Waals surface area contributed by atoms with E-state index >= 15 is 0 Å². The van der Waals surface area contributed by atoms with Crippen molar-refractivity contribution in [3.05, 3.63) is 64.2 Å². The second kappa shape index (κ2) is 6.63. The summed E-state index contributed by atoms with van der Waals surface area (Å²) in [7, 11) is 1.85. The second-order valence-electron chi connectivity index (χ2n) is 5.96. The Morgan fingerprint density at radius 1 is 1.30 bits per heavy atom. The number of nitrogens with zero attached hydrogens (tertiary/aromatic N) is 1. The molecular weight excluding hydrogens is 310 g/mol. The highest BCUT2D eigenvalue weighted by molar-refractivity contribution is 6.30. The van der Waals surface area contributed by atoms with Crippen molar-refractivity contribution >= 4 is 17.5 Å². The van der Waals surface area contributed by atoms with Gasteiger partial charge in [-0.3, -0.25) is 4.79 Å². The lowest BCUT2D eigenvalue weighted by Crippen LogP contribution is -2.34. The molecule has 3 rings (SSSR count). The fourth-order valence-electron chi connectivity index (χ4n) is 3.13. The van der Waals surface area contributed by atoms with Gasteiger partial charge in [0.15, 0.2) is 6.61 Å². The summed E-state index contributed by atoms with van der Waals surface area (Å²) in [5.74, 6) is 0.684. The Balaban J connectivity index is 1.65. The van der Waals surface area contributed by atoms with Gasteiger partial charge in [-0.1, -0.05) is 35.9 Å². The third-order valence-electron chi connectivity index (χ3n) is 4.45. The molecule has 0 heterocycles. The van der Waals surface area contributed by atoms with Crippen LogP contribution in [0.1, 0.15) is 29.2 Å². The lowest BCUT2D eigenvalue weighted by molar-refractivity contribution is -0.134. The van der Waals surface area contributed by atoms with Crippen molar-refractivity contribution in [2.45, 2.75) is 25.8 Å². The van der Waals surface area contributed by atoms with Crippen LogP contribution in [0.4, 0.5) is 0 Å². The number of hydrogen-bond donors (Lipinski definition) is 0. The zero-order chi connectivity index (χ0) is 16.4. The van der Waals surface area contributed by atoms with Crippen LogP contribution in [0.15, 0.2) is 42.5 Å². The number of ether oxygens (including phenoxy) is 1. The monoisotopic (exact) mass is 329 g/mol. The first kappa shape index (κ1) is 15.9. The van der Waals surface area contributed by atoms with E-state index in [0.717, 1.165) is 18.4 Å². The molecule has 0 radical (unpaired) electrons. The highest BCUT2D eigenvalue weighted by Crippen LogP contribution is 2.34. The lowest BCUT2D eigenvalue weighted by Gasteiger charge is -2.25. The molecule has 2 aromatic carbocycles. The molecule has 1 aliphatic carbocycles. The SMILES string of the molecule is Cc1cc(Cl)ccc1OCC(=O)N(C)C1CCc2ccccc21. The van der Waals surface area contributed by atoms with Crippen LogP contribution in [0.3, 0.4) is 0 Å². The number of carbonyl (C=O) groups excluding carboxylic acids is 1. The Kier molecular flexibility index (Phi) is 4.58. The first-order valence-electron chi connectivity index (χ1n) is 7.78. The normalized spacial score (nSPS) is 16.0. The zero-order valence-electron chi connectivity index (χ0n) is 13.4. The summed E-state index contributed by atoms with van der Waals surface area (Å²) in [6.07, 6.45) is 2.00. The molecule has 23 heavy (non-hydrogen) atoms. The molecular formula is C19H20ClNO2. The number of likely N-dealkylation sites (N-methyl/N-ethyl adjacent to an activating group) is 1. The minimum absolute atomic E-state index is 0.0129. The summed E-state index contributed by atoms with van der Waals surface area (Å²) in [6.45, 7) is 1.96. The minimum atomic E-state index is -0.0129. The molecule has 4 heteroatoms. The van der Waals surface area contributed by atoms with Gasteiger partial charge in [0.2, 0.25) is 0 Å². The van der Waals surface area contributed by atoms with Gasteiger partial charge in [-0.25, -0.2) is 0 Å². The third-order valence-corrected chi connectivity index (χ3v) is 4.69. The third kappa shape index (κ3) is 3.35. The maximum Gasteiger partial charge on any atom is 0.260 e. The Morgan fingerprint density at radius 3 is 2.87 bits per heavy atom. The van der Waals surface area contributed by atoms with Gasteiger partial charge in [0.25, 0.3) is 5.91 Å².